The van der Waals surface area contributed by atoms with Gasteiger partial charge in [0.2, 0.25) is 23.6 Å². The molecule has 0 aliphatic rings. The maximum Gasteiger partial charge on any atom is 0.326 e. The van der Waals surface area contributed by atoms with Crippen LogP contribution in [0.4, 0.5) is 0 Å². The number of fused-ring (bicyclic) bond motifs is 1. The van der Waals surface area contributed by atoms with Crippen LogP contribution in [0.3, 0.4) is 0 Å². The third-order valence-electron chi connectivity index (χ3n) is 5.39. The van der Waals surface area contributed by atoms with E-state index in [2.05, 4.69) is 33.6 Å². The molecule has 2 aromatic rings. The highest BCUT2D eigenvalue weighted by atomic mass is 32.1. The van der Waals surface area contributed by atoms with E-state index in [1.807, 2.05) is 24.3 Å². The van der Waals surface area contributed by atoms with Crippen molar-refractivity contribution in [2.24, 2.45) is 11.5 Å². The van der Waals surface area contributed by atoms with E-state index in [1.54, 1.807) is 6.20 Å². The van der Waals surface area contributed by atoms with E-state index < -0.39 is 66.3 Å². The zero-order valence-electron chi connectivity index (χ0n) is 19.4. The number of nitrogens with one attached hydrogen (secondary N) is 4. The number of rotatable bonds is 13. The summed E-state index contributed by atoms with van der Waals surface area (Å²) in [5, 5.41) is 26.7. The van der Waals surface area contributed by atoms with E-state index in [0.717, 1.165) is 10.9 Å². The monoisotopic (exact) mass is 522 g/mol. The molecule has 14 heteroatoms. The summed E-state index contributed by atoms with van der Waals surface area (Å²) in [6.07, 6.45) is -0.148. The molecule has 196 valence electrons. The largest absolute Gasteiger partial charge is 0.480 e. The molecule has 5 unspecified atom stereocenters. The van der Waals surface area contributed by atoms with Crippen LogP contribution in [0.1, 0.15) is 18.9 Å². The Hall–Kier alpha value is -3.62. The number of benzene rings is 1. The minimum Gasteiger partial charge on any atom is -0.480 e. The molecular formula is C22H30N6O7S. The maximum atomic E-state index is 13.2. The number of thiol groups is 1. The number of para-hydroxylation sites is 1. The molecule has 4 amide bonds. The molecule has 0 saturated carbocycles. The molecule has 1 aromatic heterocycles. The summed E-state index contributed by atoms with van der Waals surface area (Å²) in [6, 6.07) is 1.88. The number of aliphatic carboxylic acids is 1. The van der Waals surface area contributed by atoms with Crippen LogP contribution in [0.25, 0.3) is 10.9 Å². The number of hydrogen-bond acceptors (Lipinski definition) is 8. The lowest BCUT2D eigenvalue weighted by Crippen LogP contribution is -2.59. The van der Waals surface area contributed by atoms with E-state index in [1.165, 1.54) is 6.92 Å². The SMILES string of the molecule is CC(O)C(N)C(=O)NC(Cc1c[nH]c2ccccc12)C(=O)NC(CS)C(=O)NC(CC(N)=O)C(=O)O. The maximum absolute atomic E-state index is 13.2. The Kier molecular flexibility index (Phi) is 10.3. The van der Waals surface area contributed by atoms with Gasteiger partial charge in [0.15, 0.2) is 0 Å². The van der Waals surface area contributed by atoms with Gasteiger partial charge in [-0.2, -0.15) is 12.6 Å². The van der Waals surface area contributed by atoms with Gasteiger partial charge < -0.3 is 42.6 Å². The molecule has 0 radical (unpaired) electrons. The number of carboxylic acid groups (broad SMARTS) is 1. The Morgan fingerprint density at radius 3 is 2.17 bits per heavy atom. The van der Waals surface area contributed by atoms with Crippen molar-refractivity contribution in [3.05, 3.63) is 36.0 Å². The number of hydrogen-bond donors (Lipinski definition) is 9. The number of aliphatic hydroxyl groups is 1. The lowest BCUT2D eigenvalue weighted by Gasteiger charge is -2.25. The molecule has 0 aliphatic carbocycles. The van der Waals surface area contributed by atoms with E-state index in [0.29, 0.717) is 5.56 Å². The lowest BCUT2D eigenvalue weighted by molar-refractivity contribution is -0.143. The van der Waals surface area contributed by atoms with Gasteiger partial charge in [-0.3, -0.25) is 19.2 Å². The van der Waals surface area contributed by atoms with Crippen molar-refractivity contribution in [3.8, 4) is 0 Å². The fourth-order valence-corrected chi connectivity index (χ4v) is 3.61. The molecule has 1 aromatic carbocycles. The number of amides is 4. The summed E-state index contributed by atoms with van der Waals surface area (Å²) in [4.78, 5) is 63.8. The minimum atomic E-state index is -1.60. The van der Waals surface area contributed by atoms with Crippen molar-refractivity contribution in [2.75, 3.05) is 5.75 Å². The lowest BCUT2D eigenvalue weighted by atomic mass is 10.0. The molecule has 5 atom stereocenters. The van der Waals surface area contributed by atoms with E-state index >= 15 is 0 Å². The number of primary amides is 1. The molecule has 0 aliphatic heterocycles. The quantitative estimate of drug-likeness (QED) is 0.130. The Bertz CT molecular complexity index is 1120. The van der Waals surface area contributed by atoms with Crippen molar-refractivity contribution >= 4 is 53.1 Å². The highest BCUT2D eigenvalue weighted by Gasteiger charge is 2.31. The average molecular weight is 523 g/mol. The second-order valence-corrected chi connectivity index (χ2v) is 8.57. The van der Waals surface area contributed by atoms with Crippen LogP contribution >= 0.6 is 12.6 Å². The number of carboxylic acids is 1. The number of aliphatic hydroxyl groups excluding tert-OH is 1. The Labute approximate surface area is 211 Å². The van der Waals surface area contributed by atoms with Crippen LogP contribution in [0.5, 0.6) is 0 Å². The van der Waals surface area contributed by atoms with Crippen molar-refractivity contribution in [3.63, 3.8) is 0 Å². The smallest absolute Gasteiger partial charge is 0.326 e. The van der Waals surface area contributed by atoms with Gasteiger partial charge in [-0.25, -0.2) is 4.79 Å². The molecule has 0 fully saturated rings. The number of nitrogens with two attached hydrogens (primary N) is 2. The standard InChI is InChI=1S/C22H30N6O7S/c1-10(29)18(24)21(33)26-14(6-11-8-25-13-5-3-2-4-12(11)13)19(31)28-16(9-36)20(32)27-15(22(34)35)7-17(23)30/h2-5,8,10,14-16,18,25,29,36H,6-7,9,24H2,1H3,(H2,23,30)(H,26,33)(H,27,32)(H,28,31)(H,34,35). The first-order valence-electron chi connectivity index (χ1n) is 11.0. The van der Waals surface area contributed by atoms with Gasteiger partial charge in [0.1, 0.15) is 24.2 Å². The average Bonchev–Trinajstić information content (AvgIpc) is 3.23. The van der Waals surface area contributed by atoms with E-state index in [4.69, 9.17) is 11.5 Å². The van der Waals surface area contributed by atoms with Crippen molar-refractivity contribution in [1.29, 1.82) is 0 Å². The fraction of sp³-hybridized carbons (Fsp3) is 0.409. The summed E-state index contributed by atoms with van der Waals surface area (Å²) < 4.78 is 0. The predicted octanol–water partition coefficient (Wildman–Crippen LogP) is -2.24. The third kappa shape index (κ3) is 7.69. The molecule has 0 saturated heterocycles. The van der Waals surface area contributed by atoms with E-state index in [-0.39, 0.29) is 12.2 Å². The summed E-state index contributed by atoms with van der Waals surface area (Å²) in [7, 11) is 0. The summed E-state index contributed by atoms with van der Waals surface area (Å²) in [5.74, 6) is -5.12. The first kappa shape index (κ1) is 28.6. The van der Waals surface area contributed by atoms with Gasteiger partial charge >= 0.3 is 5.97 Å². The summed E-state index contributed by atoms with van der Waals surface area (Å²) in [5.41, 5.74) is 12.2. The molecule has 2 rings (SSSR count). The van der Waals surface area contributed by atoms with Crippen LogP contribution in [0.15, 0.2) is 30.5 Å². The molecule has 13 nitrogen and oxygen atoms in total. The van der Waals surface area contributed by atoms with Gasteiger partial charge in [0.05, 0.1) is 12.5 Å². The number of aromatic amines is 1. The van der Waals surface area contributed by atoms with Gasteiger partial charge in [-0.15, -0.1) is 0 Å². The number of carbonyl (C=O) groups excluding carboxylic acids is 4. The van der Waals surface area contributed by atoms with Gasteiger partial charge in [-0.1, -0.05) is 18.2 Å². The van der Waals surface area contributed by atoms with Crippen LogP contribution in [-0.4, -0.2) is 80.8 Å². The molecular weight excluding hydrogens is 492 g/mol. The molecule has 1 heterocycles. The zero-order valence-corrected chi connectivity index (χ0v) is 20.3. The molecule has 0 spiro atoms. The second kappa shape index (κ2) is 12.9. The fourth-order valence-electron chi connectivity index (χ4n) is 3.36. The molecule has 10 N–H and O–H groups in total. The Morgan fingerprint density at radius 1 is 1.00 bits per heavy atom. The highest BCUT2D eigenvalue weighted by molar-refractivity contribution is 7.80. The van der Waals surface area contributed by atoms with E-state index in [9.17, 15) is 34.2 Å². The topological polar surface area (TPSA) is 230 Å². The van der Waals surface area contributed by atoms with Crippen LogP contribution in [0.2, 0.25) is 0 Å². The van der Waals surface area contributed by atoms with Crippen LogP contribution in [0, 0.1) is 0 Å². The summed E-state index contributed by atoms with van der Waals surface area (Å²) in [6.45, 7) is 1.32. The summed E-state index contributed by atoms with van der Waals surface area (Å²) >= 11 is 4.05. The predicted molar refractivity (Wildman–Crippen MR) is 133 cm³/mol. The third-order valence-corrected chi connectivity index (χ3v) is 5.76. The number of carbonyl (C=O) groups is 5. The van der Waals surface area contributed by atoms with Crippen LogP contribution < -0.4 is 27.4 Å². The molecule has 36 heavy (non-hydrogen) atoms. The first-order chi connectivity index (χ1) is 16.9. The zero-order chi connectivity index (χ0) is 27.0. The van der Waals surface area contributed by atoms with Gasteiger partial charge in [-0.05, 0) is 18.6 Å². The van der Waals surface area contributed by atoms with Crippen molar-refractivity contribution in [1.82, 2.24) is 20.9 Å². The highest BCUT2D eigenvalue weighted by Crippen LogP contribution is 2.19. The molecule has 0 bridgehead atoms. The van der Waals surface area contributed by atoms with Crippen LogP contribution in [-0.2, 0) is 30.4 Å². The Morgan fingerprint density at radius 2 is 1.58 bits per heavy atom. The number of aromatic nitrogens is 1. The van der Waals surface area contributed by atoms with Gasteiger partial charge in [0, 0.05) is 29.3 Å². The van der Waals surface area contributed by atoms with Crippen molar-refractivity contribution < 1.29 is 34.2 Å². The minimum absolute atomic E-state index is 0.00839. The van der Waals surface area contributed by atoms with Gasteiger partial charge in [0.25, 0.3) is 0 Å². The first-order valence-corrected chi connectivity index (χ1v) is 11.6. The van der Waals surface area contributed by atoms with Crippen molar-refractivity contribution in [2.45, 2.75) is 50.0 Å². The normalized spacial score (nSPS) is 15.2. The second-order valence-electron chi connectivity index (χ2n) is 8.20. The number of H-pyrrole nitrogens is 1. The Balaban J connectivity index is 2.24.